The van der Waals surface area contributed by atoms with E-state index in [1.54, 1.807) is 38.4 Å². The number of carbonyl (C=O) groups is 1. The van der Waals surface area contributed by atoms with Gasteiger partial charge < -0.3 is 4.90 Å². The molecule has 0 aliphatic rings. The lowest BCUT2D eigenvalue weighted by molar-refractivity contribution is -0.129. The largest absolute Gasteiger partial charge is 0.349 e. The molecule has 1 amide bonds. The first-order valence-electron chi connectivity index (χ1n) is 7.32. The van der Waals surface area contributed by atoms with Crippen LogP contribution in [-0.4, -0.2) is 33.3 Å². The molecule has 2 aromatic rings. The van der Waals surface area contributed by atoms with Crippen molar-refractivity contribution < 1.29 is 13.2 Å². The van der Waals surface area contributed by atoms with Gasteiger partial charge in [-0.05, 0) is 29.8 Å². The van der Waals surface area contributed by atoms with Gasteiger partial charge in [-0.25, -0.2) is 13.1 Å². The molecule has 0 heterocycles. The molecule has 0 spiro atoms. The molecular formula is C17H19ClN2O3S. The predicted molar refractivity (Wildman–Crippen MR) is 94.3 cm³/mol. The molecule has 1 N–H and O–H groups in total. The highest BCUT2D eigenvalue weighted by Crippen LogP contribution is 2.22. The van der Waals surface area contributed by atoms with Gasteiger partial charge in [0.1, 0.15) is 0 Å². The highest BCUT2D eigenvalue weighted by atomic mass is 35.5. The van der Waals surface area contributed by atoms with Crippen molar-refractivity contribution >= 4 is 27.5 Å². The number of carbonyl (C=O) groups excluding carboxylic acids is 1. The van der Waals surface area contributed by atoms with Crippen LogP contribution in [0.2, 0.25) is 5.02 Å². The Labute approximate surface area is 147 Å². The molecule has 7 heteroatoms. The number of hydrogen-bond donors (Lipinski definition) is 1. The SMILES string of the molecule is CN(C)C(=O)CC(NS(=O)(=O)c1ccc(Cl)cc1)c1ccccc1. The lowest BCUT2D eigenvalue weighted by atomic mass is 10.0. The van der Waals surface area contributed by atoms with E-state index in [0.29, 0.717) is 5.02 Å². The molecule has 1 unspecified atom stereocenters. The van der Waals surface area contributed by atoms with Gasteiger partial charge in [0.2, 0.25) is 15.9 Å². The van der Waals surface area contributed by atoms with Crippen molar-refractivity contribution in [1.29, 1.82) is 0 Å². The van der Waals surface area contributed by atoms with Gasteiger partial charge in [0, 0.05) is 25.5 Å². The average molecular weight is 367 g/mol. The van der Waals surface area contributed by atoms with E-state index >= 15 is 0 Å². The molecule has 5 nitrogen and oxygen atoms in total. The van der Waals surface area contributed by atoms with Crippen LogP contribution >= 0.6 is 11.6 Å². The zero-order chi connectivity index (χ0) is 17.7. The summed E-state index contributed by atoms with van der Waals surface area (Å²) in [6, 6.07) is 14.3. The minimum Gasteiger partial charge on any atom is -0.349 e. The van der Waals surface area contributed by atoms with E-state index in [1.165, 1.54) is 29.2 Å². The van der Waals surface area contributed by atoms with Crippen LogP contribution in [0, 0.1) is 0 Å². The second kappa shape index (κ2) is 7.79. The number of halogens is 1. The van der Waals surface area contributed by atoms with Crippen LogP contribution in [0.4, 0.5) is 0 Å². The summed E-state index contributed by atoms with van der Waals surface area (Å²) in [5, 5.41) is 0.455. The lowest BCUT2D eigenvalue weighted by Gasteiger charge is -2.21. The van der Waals surface area contributed by atoms with Crippen molar-refractivity contribution in [2.45, 2.75) is 17.4 Å². The van der Waals surface area contributed by atoms with Gasteiger partial charge in [0.15, 0.2) is 0 Å². The maximum absolute atomic E-state index is 12.6. The third-order valence-electron chi connectivity index (χ3n) is 3.50. The summed E-state index contributed by atoms with van der Waals surface area (Å²) in [4.78, 5) is 13.6. The van der Waals surface area contributed by atoms with E-state index in [-0.39, 0.29) is 17.2 Å². The highest BCUT2D eigenvalue weighted by molar-refractivity contribution is 7.89. The molecule has 0 aromatic heterocycles. The first-order chi connectivity index (χ1) is 11.3. The minimum atomic E-state index is -3.78. The number of nitrogens with one attached hydrogen (secondary N) is 1. The fourth-order valence-electron chi connectivity index (χ4n) is 2.14. The third kappa shape index (κ3) is 4.80. The molecule has 0 saturated heterocycles. The third-order valence-corrected chi connectivity index (χ3v) is 5.24. The van der Waals surface area contributed by atoms with Gasteiger partial charge in [-0.3, -0.25) is 4.79 Å². The maximum atomic E-state index is 12.6. The standard InChI is InChI=1S/C17H19ClN2O3S/c1-20(2)17(21)12-16(13-6-4-3-5-7-13)19-24(22,23)15-10-8-14(18)9-11-15/h3-11,16,19H,12H2,1-2H3. The fraction of sp³-hybridized carbons (Fsp3) is 0.235. The second-order valence-corrected chi connectivity index (χ2v) is 7.68. The number of sulfonamides is 1. The van der Waals surface area contributed by atoms with E-state index in [0.717, 1.165) is 5.56 Å². The highest BCUT2D eigenvalue weighted by Gasteiger charge is 2.24. The molecule has 2 aromatic carbocycles. The molecule has 128 valence electrons. The minimum absolute atomic E-state index is 0.0316. The first-order valence-corrected chi connectivity index (χ1v) is 9.19. The molecule has 0 bridgehead atoms. The summed E-state index contributed by atoms with van der Waals surface area (Å²) < 4.78 is 27.8. The summed E-state index contributed by atoms with van der Waals surface area (Å²) in [5.41, 5.74) is 0.727. The van der Waals surface area contributed by atoms with Crippen LogP contribution in [0.5, 0.6) is 0 Å². The van der Waals surface area contributed by atoms with Crippen LogP contribution in [0.3, 0.4) is 0 Å². The smallest absolute Gasteiger partial charge is 0.241 e. The summed E-state index contributed by atoms with van der Waals surface area (Å²) in [6.45, 7) is 0. The molecular weight excluding hydrogens is 348 g/mol. The quantitative estimate of drug-likeness (QED) is 0.854. The summed E-state index contributed by atoms with van der Waals surface area (Å²) in [7, 11) is -0.501. The van der Waals surface area contributed by atoms with Gasteiger partial charge in [-0.1, -0.05) is 41.9 Å². The molecule has 2 rings (SSSR count). The molecule has 0 fully saturated rings. The average Bonchev–Trinajstić information content (AvgIpc) is 2.55. The van der Waals surface area contributed by atoms with E-state index in [9.17, 15) is 13.2 Å². The van der Waals surface area contributed by atoms with Crippen LogP contribution in [0.25, 0.3) is 0 Å². The zero-order valence-electron chi connectivity index (χ0n) is 13.4. The van der Waals surface area contributed by atoms with Crippen molar-refractivity contribution in [1.82, 2.24) is 9.62 Å². The van der Waals surface area contributed by atoms with Crippen LogP contribution in [0.1, 0.15) is 18.0 Å². The normalized spacial score (nSPS) is 12.6. The Morgan fingerprint density at radius 2 is 1.67 bits per heavy atom. The summed E-state index contributed by atoms with van der Waals surface area (Å²) in [6.07, 6.45) is 0.0316. The fourth-order valence-corrected chi connectivity index (χ4v) is 3.49. The van der Waals surface area contributed by atoms with E-state index in [4.69, 9.17) is 11.6 Å². The van der Waals surface area contributed by atoms with Crippen molar-refractivity contribution in [2.24, 2.45) is 0 Å². The Kier molecular flexibility index (Phi) is 5.99. The Morgan fingerprint density at radius 1 is 1.08 bits per heavy atom. The van der Waals surface area contributed by atoms with Crippen LogP contribution in [0.15, 0.2) is 59.5 Å². The molecule has 0 aliphatic carbocycles. The van der Waals surface area contributed by atoms with Gasteiger partial charge in [0.05, 0.1) is 10.9 Å². The summed E-state index contributed by atoms with van der Waals surface area (Å²) in [5.74, 6) is -0.164. The number of nitrogens with zero attached hydrogens (tertiary/aromatic N) is 1. The van der Waals surface area contributed by atoms with Crippen LogP contribution < -0.4 is 4.72 Å². The Morgan fingerprint density at radius 3 is 2.21 bits per heavy atom. The number of benzene rings is 2. The Bertz CT molecular complexity index is 790. The van der Waals surface area contributed by atoms with Gasteiger partial charge in [-0.15, -0.1) is 0 Å². The van der Waals surface area contributed by atoms with Crippen molar-refractivity contribution in [3.63, 3.8) is 0 Å². The molecule has 1 atom stereocenters. The van der Waals surface area contributed by atoms with Crippen molar-refractivity contribution in [3.8, 4) is 0 Å². The Balaban J connectivity index is 2.30. The van der Waals surface area contributed by atoms with E-state index in [2.05, 4.69) is 4.72 Å². The Hall–Kier alpha value is -1.89. The van der Waals surface area contributed by atoms with Crippen molar-refractivity contribution in [2.75, 3.05) is 14.1 Å². The lowest BCUT2D eigenvalue weighted by Crippen LogP contribution is -2.33. The number of hydrogen-bond acceptors (Lipinski definition) is 3. The van der Waals surface area contributed by atoms with E-state index in [1.807, 2.05) is 6.07 Å². The molecule has 0 aliphatic heterocycles. The van der Waals surface area contributed by atoms with E-state index < -0.39 is 16.1 Å². The van der Waals surface area contributed by atoms with Crippen molar-refractivity contribution in [3.05, 3.63) is 65.2 Å². The molecule has 24 heavy (non-hydrogen) atoms. The number of amides is 1. The topological polar surface area (TPSA) is 66.5 Å². The van der Waals surface area contributed by atoms with Gasteiger partial charge >= 0.3 is 0 Å². The van der Waals surface area contributed by atoms with Crippen LogP contribution in [-0.2, 0) is 14.8 Å². The predicted octanol–water partition coefficient (Wildman–Crippen LogP) is 2.84. The van der Waals surface area contributed by atoms with Gasteiger partial charge in [-0.2, -0.15) is 0 Å². The zero-order valence-corrected chi connectivity index (χ0v) is 15.0. The first kappa shape index (κ1) is 18.4. The summed E-state index contributed by atoms with van der Waals surface area (Å²) >= 11 is 5.80. The van der Waals surface area contributed by atoms with Gasteiger partial charge in [0.25, 0.3) is 0 Å². The molecule has 0 saturated carbocycles. The molecule has 0 radical (unpaired) electrons. The maximum Gasteiger partial charge on any atom is 0.241 e. The second-order valence-electron chi connectivity index (χ2n) is 5.53. The number of rotatable bonds is 6. The monoisotopic (exact) mass is 366 g/mol.